The average molecular weight is 352 g/mol. The summed E-state index contributed by atoms with van der Waals surface area (Å²) in [4.78, 5) is 8.13. The summed E-state index contributed by atoms with van der Waals surface area (Å²) in [6, 6.07) is 14.8. The van der Waals surface area contributed by atoms with Gasteiger partial charge in [0, 0.05) is 20.1 Å². The van der Waals surface area contributed by atoms with Gasteiger partial charge >= 0.3 is 0 Å². The van der Waals surface area contributed by atoms with Gasteiger partial charge in [-0.3, -0.25) is 4.99 Å². The third kappa shape index (κ3) is 4.66. The minimum atomic E-state index is -0.176. The van der Waals surface area contributed by atoms with E-state index < -0.39 is 0 Å². The minimum absolute atomic E-state index is 0.176. The van der Waals surface area contributed by atoms with Gasteiger partial charge in [-0.05, 0) is 35.7 Å². The summed E-state index contributed by atoms with van der Waals surface area (Å²) in [6.45, 7) is 1.24. The first-order valence-corrected chi connectivity index (χ1v) is 8.38. The van der Waals surface area contributed by atoms with Gasteiger partial charge in [-0.25, -0.2) is 14.1 Å². The monoisotopic (exact) mass is 352 g/mol. The number of benzene rings is 2. The largest absolute Gasteiger partial charge is 0.356 e. The molecule has 0 saturated carbocycles. The summed E-state index contributed by atoms with van der Waals surface area (Å²) in [5.41, 5.74) is 2.77. The van der Waals surface area contributed by atoms with Crippen molar-refractivity contribution in [1.29, 1.82) is 0 Å². The van der Waals surface area contributed by atoms with E-state index in [4.69, 9.17) is 0 Å². The maximum absolute atomic E-state index is 13.6. The molecular formula is C19H21FN6. The Bertz CT molecular complexity index is 843. The molecule has 0 atom stereocenters. The van der Waals surface area contributed by atoms with Crippen LogP contribution in [0.5, 0.6) is 0 Å². The predicted octanol–water partition coefficient (Wildman–Crippen LogP) is 2.31. The number of nitrogens with one attached hydrogen (secondary N) is 2. The van der Waals surface area contributed by atoms with E-state index in [-0.39, 0.29) is 5.82 Å². The Labute approximate surface area is 151 Å². The molecule has 2 N–H and O–H groups in total. The second kappa shape index (κ2) is 8.75. The van der Waals surface area contributed by atoms with Crippen LogP contribution >= 0.6 is 0 Å². The fourth-order valence-corrected chi connectivity index (χ4v) is 2.53. The molecule has 3 aromatic rings. The molecule has 0 bridgehead atoms. The SMILES string of the molecule is CN=C(NCCc1ccccc1F)NCc1ccc(-n2cncn2)cc1. The van der Waals surface area contributed by atoms with Crippen molar-refractivity contribution in [2.75, 3.05) is 13.6 Å². The highest BCUT2D eigenvalue weighted by atomic mass is 19.1. The Kier molecular flexibility index (Phi) is 5.92. The molecule has 0 fully saturated rings. The van der Waals surface area contributed by atoms with Crippen LogP contribution in [0.15, 0.2) is 66.2 Å². The number of guanidine groups is 1. The van der Waals surface area contributed by atoms with E-state index in [9.17, 15) is 4.39 Å². The summed E-state index contributed by atoms with van der Waals surface area (Å²) >= 11 is 0. The Morgan fingerprint density at radius 1 is 1.12 bits per heavy atom. The van der Waals surface area contributed by atoms with Crippen molar-refractivity contribution < 1.29 is 4.39 Å². The second-order valence-corrected chi connectivity index (χ2v) is 5.70. The highest BCUT2D eigenvalue weighted by Crippen LogP contribution is 2.08. The van der Waals surface area contributed by atoms with Gasteiger partial charge in [-0.1, -0.05) is 30.3 Å². The number of rotatable bonds is 6. The van der Waals surface area contributed by atoms with E-state index in [0.717, 1.165) is 11.3 Å². The molecule has 3 rings (SSSR count). The second-order valence-electron chi connectivity index (χ2n) is 5.70. The van der Waals surface area contributed by atoms with E-state index in [2.05, 4.69) is 25.7 Å². The highest BCUT2D eigenvalue weighted by Gasteiger charge is 2.03. The first-order valence-electron chi connectivity index (χ1n) is 8.38. The number of hydrogen-bond acceptors (Lipinski definition) is 3. The maximum atomic E-state index is 13.6. The van der Waals surface area contributed by atoms with Crippen LogP contribution in [0.1, 0.15) is 11.1 Å². The van der Waals surface area contributed by atoms with Crippen molar-refractivity contribution in [1.82, 2.24) is 25.4 Å². The lowest BCUT2D eigenvalue weighted by molar-refractivity contribution is 0.606. The maximum Gasteiger partial charge on any atom is 0.191 e. The molecule has 7 heteroatoms. The van der Waals surface area contributed by atoms with E-state index in [1.165, 1.54) is 12.4 Å². The normalized spacial score (nSPS) is 11.4. The van der Waals surface area contributed by atoms with Gasteiger partial charge in [-0.2, -0.15) is 5.10 Å². The van der Waals surface area contributed by atoms with Crippen LogP contribution < -0.4 is 10.6 Å². The Balaban J connectivity index is 1.47. The fraction of sp³-hybridized carbons (Fsp3) is 0.211. The summed E-state index contributed by atoms with van der Waals surface area (Å²) in [7, 11) is 1.71. The van der Waals surface area contributed by atoms with Crippen LogP contribution in [0.4, 0.5) is 4.39 Å². The van der Waals surface area contributed by atoms with Crippen molar-refractivity contribution in [2.45, 2.75) is 13.0 Å². The Morgan fingerprint density at radius 2 is 1.92 bits per heavy atom. The lowest BCUT2D eigenvalue weighted by Crippen LogP contribution is -2.37. The van der Waals surface area contributed by atoms with Crippen molar-refractivity contribution in [3.05, 3.63) is 78.1 Å². The number of aromatic nitrogens is 3. The zero-order chi connectivity index (χ0) is 18.2. The molecule has 0 saturated heterocycles. The van der Waals surface area contributed by atoms with Crippen LogP contribution in [0, 0.1) is 5.82 Å². The minimum Gasteiger partial charge on any atom is -0.356 e. The zero-order valence-electron chi connectivity index (χ0n) is 14.6. The molecule has 0 radical (unpaired) electrons. The summed E-state index contributed by atoms with van der Waals surface area (Å²) < 4.78 is 15.3. The van der Waals surface area contributed by atoms with Crippen LogP contribution in [0.2, 0.25) is 0 Å². The Hall–Kier alpha value is -3.22. The van der Waals surface area contributed by atoms with Crippen molar-refractivity contribution in [3.63, 3.8) is 0 Å². The van der Waals surface area contributed by atoms with E-state index in [1.807, 2.05) is 30.3 Å². The molecule has 0 amide bonds. The van der Waals surface area contributed by atoms with Crippen LogP contribution in [0.25, 0.3) is 5.69 Å². The zero-order valence-corrected chi connectivity index (χ0v) is 14.6. The van der Waals surface area contributed by atoms with Crippen molar-refractivity contribution in [2.24, 2.45) is 4.99 Å². The van der Waals surface area contributed by atoms with Gasteiger partial charge < -0.3 is 10.6 Å². The van der Waals surface area contributed by atoms with Crippen molar-refractivity contribution >= 4 is 5.96 Å². The molecule has 134 valence electrons. The Morgan fingerprint density at radius 3 is 2.62 bits per heavy atom. The van der Waals surface area contributed by atoms with Gasteiger partial charge in [0.05, 0.1) is 5.69 Å². The van der Waals surface area contributed by atoms with Gasteiger partial charge in [0.1, 0.15) is 18.5 Å². The number of nitrogens with zero attached hydrogens (tertiary/aromatic N) is 4. The predicted molar refractivity (Wildman–Crippen MR) is 99.7 cm³/mol. The first-order chi connectivity index (χ1) is 12.8. The third-order valence-corrected chi connectivity index (χ3v) is 3.95. The lowest BCUT2D eigenvalue weighted by atomic mass is 10.1. The summed E-state index contributed by atoms with van der Waals surface area (Å²) in [5, 5.41) is 10.6. The quantitative estimate of drug-likeness (QED) is 0.528. The topological polar surface area (TPSA) is 67.1 Å². The molecule has 0 spiro atoms. The first kappa shape index (κ1) is 17.6. The molecule has 1 heterocycles. The average Bonchev–Trinajstić information content (AvgIpc) is 3.21. The van der Waals surface area contributed by atoms with Gasteiger partial charge in [0.25, 0.3) is 0 Å². The number of aliphatic imine (C=N–C) groups is 1. The molecule has 0 aliphatic heterocycles. The molecule has 0 aliphatic rings. The number of halogens is 1. The molecule has 26 heavy (non-hydrogen) atoms. The third-order valence-electron chi connectivity index (χ3n) is 3.95. The van der Waals surface area contributed by atoms with Crippen LogP contribution in [0.3, 0.4) is 0 Å². The fourth-order valence-electron chi connectivity index (χ4n) is 2.53. The molecule has 0 unspecified atom stereocenters. The standard InChI is InChI=1S/C19H21FN6/c1-21-19(23-11-10-16-4-2-3-5-18(16)20)24-12-15-6-8-17(9-7-15)26-14-22-13-25-26/h2-9,13-14H,10-12H2,1H3,(H2,21,23,24). The van der Waals surface area contributed by atoms with E-state index in [0.29, 0.717) is 31.0 Å². The molecular weight excluding hydrogens is 331 g/mol. The van der Waals surface area contributed by atoms with E-state index in [1.54, 1.807) is 30.2 Å². The van der Waals surface area contributed by atoms with Crippen LogP contribution in [-0.4, -0.2) is 34.3 Å². The van der Waals surface area contributed by atoms with Crippen LogP contribution in [-0.2, 0) is 13.0 Å². The summed E-state index contributed by atoms with van der Waals surface area (Å²) in [6.07, 6.45) is 3.76. The number of hydrogen-bond donors (Lipinski definition) is 2. The van der Waals surface area contributed by atoms with Gasteiger partial charge in [0.15, 0.2) is 5.96 Å². The molecule has 0 aliphatic carbocycles. The molecule has 2 aromatic carbocycles. The van der Waals surface area contributed by atoms with E-state index >= 15 is 0 Å². The highest BCUT2D eigenvalue weighted by molar-refractivity contribution is 5.79. The molecule has 6 nitrogen and oxygen atoms in total. The lowest BCUT2D eigenvalue weighted by Gasteiger charge is -2.12. The van der Waals surface area contributed by atoms with Gasteiger partial charge in [-0.15, -0.1) is 0 Å². The smallest absolute Gasteiger partial charge is 0.191 e. The summed E-state index contributed by atoms with van der Waals surface area (Å²) in [5.74, 6) is 0.506. The van der Waals surface area contributed by atoms with Crippen molar-refractivity contribution in [3.8, 4) is 5.69 Å². The molecule has 1 aromatic heterocycles. The van der Waals surface area contributed by atoms with Gasteiger partial charge in [0.2, 0.25) is 0 Å².